The van der Waals surface area contributed by atoms with Crippen LogP contribution in [-0.2, 0) is 28.2 Å². The smallest absolute Gasteiger partial charge is 0.332 e. The molecule has 0 aromatic carbocycles. The lowest BCUT2D eigenvalue weighted by molar-refractivity contribution is 0.0953. The Morgan fingerprint density at radius 3 is 1.43 bits per heavy atom. The summed E-state index contributed by atoms with van der Waals surface area (Å²) < 4.78 is 4.05. The van der Waals surface area contributed by atoms with Crippen LogP contribution in [0, 0.1) is 0 Å². The van der Waals surface area contributed by atoms with E-state index in [9.17, 15) is 28.8 Å². The normalized spacial score (nSPS) is 10.7. The first-order valence-electron chi connectivity index (χ1n) is 11.9. The summed E-state index contributed by atoms with van der Waals surface area (Å²) in [6, 6.07) is 0. The molecule has 4 aromatic heterocycles. The Balaban J connectivity index is 0.000000226. The summed E-state index contributed by atoms with van der Waals surface area (Å²) in [5.74, 6) is 0.0928. The monoisotopic (exact) mass is 555 g/mol. The molecule has 0 atom stereocenters. The Morgan fingerprint density at radius 1 is 0.650 bits per heavy atom. The van der Waals surface area contributed by atoms with Crippen LogP contribution >= 0.6 is 0 Å². The number of rotatable bonds is 5. The SMILES string of the molecule is CCC(=O)c1nc(NC)c(C(=O)NC)nc1NC.Cn1c(=O)c2nc3c(nc2n(C)c1=O)c(=O)n(C)c(=O)n3C. The van der Waals surface area contributed by atoms with E-state index in [0.29, 0.717) is 12.2 Å². The molecule has 4 aromatic rings. The molecule has 4 heterocycles. The number of amides is 1. The van der Waals surface area contributed by atoms with Gasteiger partial charge in [0.15, 0.2) is 51.1 Å². The third kappa shape index (κ3) is 4.83. The van der Waals surface area contributed by atoms with Crippen molar-refractivity contribution in [3.05, 3.63) is 53.1 Å². The van der Waals surface area contributed by atoms with Gasteiger partial charge in [0.1, 0.15) is 0 Å². The average molecular weight is 556 g/mol. The number of Topliss-reactive ketones (excluding diaryl/α,β-unsaturated/α-hetero) is 1. The van der Waals surface area contributed by atoms with Crippen LogP contribution in [0.25, 0.3) is 22.3 Å². The molecule has 40 heavy (non-hydrogen) atoms. The van der Waals surface area contributed by atoms with Gasteiger partial charge in [-0.1, -0.05) is 6.92 Å². The van der Waals surface area contributed by atoms with Crippen molar-refractivity contribution in [1.82, 2.24) is 43.5 Å². The fourth-order valence-corrected chi connectivity index (χ4v) is 3.72. The van der Waals surface area contributed by atoms with E-state index in [1.165, 1.54) is 35.2 Å². The largest absolute Gasteiger partial charge is 0.371 e. The van der Waals surface area contributed by atoms with Gasteiger partial charge in [0.05, 0.1) is 0 Å². The van der Waals surface area contributed by atoms with Gasteiger partial charge in [-0.2, -0.15) is 0 Å². The second-order valence-corrected chi connectivity index (χ2v) is 8.45. The van der Waals surface area contributed by atoms with Gasteiger partial charge < -0.3 is 16.0 Å². The van der Waals surface area contributed by atoms with Crippen molar-refractivity contribution in [3.63, 3.8) is 0 Å². The van der Waals surface area contributed by atoms with Crippen LogP contribution in [0.2, 0.25) is 0 Å². The van der Waals surface area contributed by atoms with Gasteiger partial charge in [-0.25, -0.2) is 29.5 Å². The van der Waals surface area contributed by atoms with E-state index in [4.69, 9.17) is 0 Å². The van der Waals surface area contributed by atoms with E-state index in [2.05, 4.69) is 35.9 Å². The summed E-state index contributed by atoms with van der Waals surface area (Å²) in [6.07, 6.45) is 0.325. The predicted octanol–water partition coefficient (Wildman–Crippen LogP) is -1.91. The number of nitrogens with zero attached hydrogens (tertiary/aromatic N) is 8. The molecule has 0 radical (unpaired) electrons. The van der Waals surface area contributed by atoms with E-state index in [1.54, 1.807) is 21.0 Å². The molecular weight excluding hydrogens is 526 g/mol. The van der Waals surface area contributed by atoms with Crippen molar-refractivity contribution in [2.75, 3.05) is 31.8 Å². The van der Waals surface area contributed by atoms with Gasteiger partial charge in [-0.3, -0.25) is 37.4 Å². The number of hydrogen-bond acceptors (Lipinski definition) is 12. The van der Waals surface area contributed by atoms with E-state index >= 15 is 0 Å². The Hall–Kier alpha value is -5.22. The molecule has 0 unspecified atom stereocenters. The highest BCUT2D eigenvalue weighted by Gasteiger charge is 2.21. The second kappa shape index (κ2) is 11.3. The topological polar surface area (TPSA) is 210 Å². The highest BCUT2D eigenvalue weighted by Crippen LogP contribution is 2.18. The van der Waals surface area contributed by atoms with E-state index in [-0.39, 0.29) is 51.2 Å². The molecule has 0 aliphatic carbocycles. The van der Waals surface area contributed by atoms with Crippen molar-refractivity contribution in [2.24, 2.45) is 28.2 Å². The molecule has 0 saturated heterocycles. The number of carbonyl (C=O) groups is 2. The number of aromatic nitrogens is 8. The lowest BCUT2D eigenvalue weighted by atomic mass is 10.2. The van der Waals surface area contributed by atoms with Gasteiger partial charge in [-0.15, -0.1) is 0 Å². The Kier molecular flexibility index (Phi) is 8.26. The minimum atomic E-state index is -0.638. The van der Waals surface area contributed by atoms with Crippen LogP contribution < -0.4 is 38.4 Å². The molecule has 4 rings (SSSR count). The molecule has 0 bridgehead atoms. The van der Waals surface area contributed by atoms with Crippen LogP contribution in [0.4, 0.5) is 11.6 Å². The van der Waals surface area contributed by atoms with Crippen LogP contribution in [0.15, 0.2) is 19.2 Å². The first kappa shape index (κ1) is 29.3. The number of anilines is 2. The molecule has 212 valence electrons. The van der Waals surface area contributed by atoms with Crippen molar-refractivity contribution in [1.29, 1.82) is 0 Å². The van der Waals surface area contributed by atoms with Gasteiger partial charge in [-0.05, 0) is 0 Å². The third-order valence-electron chi connectivity index (χ3n) is 6.05. The number of fused-ring (bicyclic) bond motifs is 2. The molecule has 0 spiro atoms. The zero-order valence-corrected chi connectivity index (χ0v) is 23.2. The summed E-state index contributed by atoms with van der Waals surface area (Å²) in [7, 11) is 10.2. The fourth-order valence-electron chi connectivity index (χ4n) is 3.72. The zero-order valence-electron chi connectivity index (χ0n) is 23.2. The number of ketones is 1. The maximum absolute atomic E-state index is 12.2. The minimum absolute atomic E-state index is 0.00338. The third-order valence-corrected chi connectivity index (χ3v) is 6.05. The van der Waals surface area contributed by atoms with E-state index < -0.39 is 22.5 Å². The molecule has 0 fully saturated rings. The van der Waals surface area contributed by atoms with Crippen molar-refractivity contribution in [3.8, 4) is 0 Å². The number of aryl methyl sites for hydroxylation is 2. The van der Waals surface area contributed by atoms with Crippen molar-refractivity contribution in [2.45, 2.75) is 13.3 Å². The standard InChI is InChI=1S/C12H12N6O4.C11H17N5O2/c1-15-7-5(9(19)17(3)11(15)21)14-8-6(13-7)10(20)18(4)12(22)16(8)2;1-5-6(17)7-9(12-2)16-8(11(18)14-4)10(13-3)15-7/h1-4H3;5H2,1-4H3,(H,12,16)(H,13,15)(H,14,18). The summed E-state index contributed by atoms with van der Waals surface area (Å²) in [5.41, 5.74) is -2.22. The lowest BCUT2D eigenvalue weighted by Crippen LogP contribution is -2.40. The summed E-state index contributed by atoms with van der Waals surface area (Å²) in [6.45, 7) is 1.75. The Bertz CT molecular complexity index is 1780. The Labute approximate surface area is 225 Å². The van der Waals surface area contributed by atoms with Crippen molar-refractivity contribution >= 4 is 45.7 Å². The summed E-state index contributed by atoms with van der Waals surface area (Å²) in [4.78, 5) is 88.1. The second-order valence-electron chi connectivity index (χ2n) is 8.45. The highest BCUT2D eigenvalue weighted by molar-refractivity contribution is 6.02. The fraction of sp³-hybridized carbons (Fsp3) is 0.391. The molecule has 0 saturated carbocycles. The number of carbonyl (C=O) groups excluding carboxylic acids is 2. The first-order valence-corrected chi connectivity index (χ1v) is 11.9. The van der Waals surface area contributed by atoms with Gasteiger partial charge >= 0.3 is 11.4 Å². The quantitative estimate of drug-likeness (QED) is 0.182. The van der Waals surface area contributed by atoms with Gasteiger partial charge in [0.25, 0.3) is 17.0 Å². The molecule has 17 nitrogen and oxygen atoms in total. The van der Waals surface area contributed by atoms with Crippen LogP contribution in [0.1, 0.15) is 34.3 Å². The summed E-state index contributed by atoms with van der Waals surface area (Å²) >= 11 is 0. The van der Waals surface area contributed by atoms with Crippen molar-refractivity contribution < 1.29 is 9.59 Å². The molecule has 0 aliphatic rings. The maximum Gasteiger partial charge on any atom is 0.332 e. The lowest BCUT2D eigenvalue weighted by Gasteiger charge is -2.11. The predicted molar refractivity (Wildman–Crippen MR) is 147 cm³/mol. The number of hydrogen-bond donors (Lipinski definition) is 3. The van der Waals surface area contributed by atoms with Crippen LogP contribution in [0.3, 0.4) is 0 Å². The van der Waals surface area contributed by atoms with Crippen LogP contribution in [-0.4, -0.2) is 71.0 Å². The minimum Gasteiger partial charge on any atom is -0.371 e. The number of nitrogens with one attached hydrogen (secondary N) is 3. The Morgan fingerprint density at radius 2 is 1.05 bits per heavy atom. The van der Waals surface area contributed by atoms with Gasteiger partial charge in [0.2, 0.25) is 0 Å². The molecule has 0 aliphatic heterocycles. The van der Waals surface area contributed by atoms with E-state index in [0.717, 1.165) is 18.3 Å². The molecule has 3 N–H and O–H groups in total. The first-order chi connectivity index (χ1) is 18.8. The zero-order chi connectivity index (χ0) is 30.0. The summed E-state index contributed by atoms with van der Waals surface area (Å²) in [5, 5.41) is 8.02. The highest BCUT2D eigenvalue weighted by atomic mass is 16.2. The van der Waals surface area contributed by atoms with Gasteiger partial charge in [0, 0.05) is 55.8 Å². The van der Waals surface area contributed by atoms with E-state index in [1.807, 2.05) is 0 Å². The molecular formula is C23H29N11O6. The molecule has 17 heteroatoms. The maximum atomic E-state index is 12.2. The molecule has 1 amide bonds. The average Bonchev–Trinajstić information content (AvgIpc) is 2.98. The van der Waals surface area contributed by atoms with Crippen LogP contribution in [0.5, 0.6) is 0 Å².